The molecule has 0 aromatic heterocycles. The second kappa shape index (κ2) is 9.35. The number of rotatable bonds is 8. The van der Waals surface area contributed by atoms with Crippen LogP contribution in [0.1, 0.15) is 32.6 Å². The van der Waals surface area contributed by atoms with E-state index in [2.05, 4.69) is 0 Å². The molecule has 1 aromatic rings. The van der Waals surface area contributed by atoms with Crippen molar-refractivity contribution >= 4 is 27.8 Å². The van der Waals surface area contributed by atoms with E-state index in [0.717, 1.165) is 22.0 Å². The van der Waals surface area contributed by atoms with Crippen LogP contribution < -0.4 is 4.74 Å². The highest BCUT2D eigenvalue weighted by Crippen LogP contribution is 2.38. The van der Waals surface area contributed by atoms with E-state index in [1.165, 1.54) is 45.3 Å². The van der Waals surface area contributed by atoms with E-state index in [0.29, 0.717) is 18.6 Å². The van der Waals surface area contributed by atoms with Gasteiger partial charge >= 0.3 is 5.97 Å². The van der Waals surface area contributed by atoms with Crippen molar-refractivity contribution in [1.82, 2.24) is 9.21 Å². The summed E-state index contributed by atoms with van der Waals surface area (Å²) in [5.41, 5.74) is 0. The second-order valence-electron chi connectivity index (χ2n) is 7.99. The second-order valence-corrected chi connectivity index (χ2v) is 10.1. The average molecular weight is 453 g/mol. The van der Waals surface area contributed by atoms with Gasteiger partial charge in [0.05, 0.1) is 16.7 Å². The predicted octanol–water partition coefficient (Wildman–Crippen LogP) is 1.42. The maximum absolute atomic E-state index is 12.6. The lowest BCUT2D eigenvalue weighted by molar-refractivity contribution is -0.158. The van der Waals surface area contributed by atoms with Gasteiger partial charge in [0.15, 0.2) is 0 Å². The van der Waals surface area contributed by atoms with Crippen molar-refractivity contribution in [2.75, 3.05) is 27.3 Å². The molecule has 0 radical (unpaired) electrons. The van der Waals surface area contributed by atoms with E-state index in [4.69, 9.17) is 9.47 Å². The fourth-order valence-electron chi connectivity index (χ4n) is 4.02. The molecule has 1 saturated carbocycles. The minimum Gasteiger partial charge on any atom is -0.490 e. The van der Waals surface area contributed by atoms with Gasteiger partial charge in [0.1, 0.15) is 25.0 Å². The lowest BCUT2D eigenvalue weighted by atomic mass is 9.81. The molecule has 0 spiro atoms. The third-order valence-corrected chi connectivity index (χ3v) is 7.63. The highest BCUT2D eigenvalue weighted by atomic mass is 32.2. The van der Waals surface area contributed by atoms with E-state index >= 15 is 0 Å². The Kier molecular flexibility index (Phi) is 7.00. The first-order valence-electron chi connectivity index (χ1n) is 10.3. The van der Waals surface area contributed by atoms with Gasteiger partial charge in [0.25, 0.3) is 0 Å². The molecule has 0 N–H and O–H groups in total. The van der Waals surface area contributed by atoms with E-state index in [1.54, 1.807) is 0 Å². The Balaban J connectivity index is 1.48. The highest BCUT2D eigenvalue weighted by molar-refractivity contribution is 7.89. The van der Waals surface area contributed by atoms with Crippen molar-refractivity contribution in [1.29, 1.82) is 0 Å². The summed E-state index contributed by atoms with van der Waals surface area (Å²) in [4.78, 5) is 38.7. The van der Waals surface area contributed by atoms with E-state index in [1.807, 2.05) is 0 Å². The number of carbonyl (C=O) groups is 3. The van der Waals surface area contributed by atoms with Crippen LogP contribution in [0.4, 0.5) is 0 Å². The molecule has 0 bridgehead atoms. The van der Waals surface area contributed by atoms with Gasteiger partial charge in [-0.2, -0.15) is 0 Å². The van der Waals surface area contributed by atoms with E-state index < -0.39 is 22.0 Å². The zero-order chi connectivity index (χ0) is 22.8. The van der Waals surface area contributed by atoms with Crippen LogP contribution >= 0.6 is 0 Å². The summed E-state index contributed by atoms with van der Waals surface area (Å²) in [6.07, 6.45) is 3.23. The van der Waals surface area contributed by atoms with Crippen molar-refractivity contribution in [2.45, 2.75) is 43.5 Å². The molecule has 10 heteroatoms. The van der Waals surface area contributed by atoms with Crippen LogP contribution in [0, 0.1) is 11.8 Å². The highest BCUT2D eigenvalue weighted by Gasteiger charge is 2.51. The third-order valence-electron chi connectivity index (χ3n) is 5.80. The van der Waals surface area contributed by atoms with Crippen LogP contribution in [0.25, 0.3) is 0 Å². The maximum atomic E-state index is 12.6. The molecular formula is C21H28N2O7S. The number of ether oxygens (including phenoxy) is 2. The van der Waals surface area contributed by atoms with Crippen LogP contribution in [0.5, 0.6) is 5.75 Å². The number of hydrogen-bond donors (Lipinski definition) is 0. The van der Waals surface area contributed by atoms with Crippen molar-refractivity contribution < 1.29 is 32.3 Å². The van der Waals surface area contributed by atoms with Gasteiger partial charge in [-0.15, -0.1) is 0 Å². The Hall–Kier alpha value is -2.46. The molecule has 1 heterocycles. The van der Waals surface area contributed by atoms with Crippen molar-refractivity contribution in [3.8, 4) is 5.75 Å². The van der Waals surface area contributed by atoms with Crippen molar-refractivity contribution in [3.05, 3.63) is 24.3 Å². The largest absolute Gasteiger partial charge is 0.490 e. The molecule has 31 heavy (non-hydrogen) atoms. The zero-order valence-corrected chi connectivity index (χ0v) is 18.8. The molecule has 9 nitrogen and oxygen atoms in total. The fourth-order valence-corrected chi connectivity index (χ4v) is 4.92. The summed E-state index contributed by atoms with van der Waals surface area (Å²) in [5.74, 6) is -1.39. The van der Waals surface area contributed by atoms with Gasteiger partial charge in [0.2, 0.25) is 21.8 Å². The van der Waals surface area contributed by atoms with Gasteiger partial charge < -0.3 is 9.47 Å². The van der Waals surface area contributed by atoms with E-state index in [-0.39, 0.29) is 41.8 Å². The molecule has 3 rings (SSSR count). The third kappa shape index (κ3) is 4.74. The summed E-state index contributed by atoms with van der Waals surface area (Å²) in [7, 11) is -0.615. The lowest BCUT2D eigenvalue weighted by Gasteiger charge is -2.21. The Morgan fingerprint density at radius 1 is 1.06 bits per heavy atom. The minimum atomic E-state index is -3.52. The summed E-state index contributed by atoms with van der Waals surface area (Å²) in [6.45, 7) is 1.48. The first-order valence-corrected chi connectivity index (χ1v) is 11.8. The Bertz CT molecular complexity index is 919. The molecular weight excluding hydrogens is 424 g/mol. The minimum absolute atomic E-state index is 0.0470. The summed E-state index contributed by atoms with van der Waals surface area (Å²) in [6, 6.07) is 4.93. The van der Waals surface area contributed by atoms with Crippen LogP contribution in [-0.4, -0.2) is 68.8 Å². The average Bonchev–Trinajstić information content (AvgIpc) is 3.01. The van der Waals surface area contributed by atoms with Crippen LogP contribution in [0.2, 0.25) is 0 Å². The predicted molar refractivity (Wildman–Crippen MR) is 111 cm³/mol. The number of fused-ring (bicyclic) bond motifs is 1. The molecule has 170 valence electrons. The van der Waals surface area contributed by atoms with Gasteiger partial charge in [-0.1, -0.05) is 12.8 Å². The standard InChI is InChI=1S/C21H28N2O7S/c1-14(23-19(24)17-6-4-5-7-18(17)20(23)25)21(26)30-13-12-29-15-8-10-16(11-9-15)31(27,28)22(2)3/h8-11,14,17-18H,4-7,12-13H2,1-3H3/t14-,17+,18+/m1/s1. The number of esters is 1. The van der Waals surface area contributed by atoms with E-state index in [9.17, 15) is 22.8 Å². The quantitative estimate of drug-likeness (QED) is 0.333. The maximum Gasteiger partial charge on any atom is 0.329 e. The number of imide groups is 1. The zero-order valence-electron chi connectivity index (χ0n) is 17.9. The van der Waals surface area contributed by atoms with Crippen molar-refractivity contribution in [3.63, 3.8) is 0 Å². The number of carbonyl (C=O) groups excluding carboxylic acids is 3. The Morgan fingerprint density at radius 3 is 2.13 bits per heavy atom. The van der Waals surface area contributed by atoms with Crippen LogP contribution in [0.15, 0.2) is 29.2 Å². The number of amides is 2. The number of hydrogen-bond acceptors (Lipinski definition) is 7. The molecule has 0 unspecified atom stereocenters. The molecule has 1 aromatic carbocycles. The monoisotopic (exact) mass is 452 g/mol. The molecule has 1 aliphatic heterocycles. The molecule has 1 saturated heterocycles. The molecule has 2 amide bonds. The van der Waals surface area contributed by atoms with Gasteiger partial charge in [-0.05, 0) is 44.0 Å². The molecule has 2 aliphatic rings. The van der Waals surface area contributed by atoms with Crippen LogP contribution in [-0.2, 0) is 29.1 Å². The summed E-state index contributed by atoms with van der Waals surface area (Å²) in [5, 5.41) is 0. The lowest BCUT2D eigenvalue weighted by Crippen LogP contribution is -2.44. The SMILES string of the molecule is C[C@H](C(=O)OCCOc1ccc(S(=O)(=O)N(C)C)cc1)N1C(=O)[C@H]2CCCC[C@@H]2C1=O. The molecule has 2 fully saturated rings. The summed E-state index contributed by atoms with van der Waals surface area (Å²) < 4.78 is 35.9. The normalized spacial score (nSPS) is 22.4. The van der Waals surface area contributed by atoms with Crippen molar-refractivity contribution in [2.24, 2.45) is 11.8 Å². The number of sulfonamides is 1. The van der Waals surface area contributed by atoms with Gasteiger partial charge in [0, 0.05) is 14.1 Å². The Morgan fingerprint density at radius 2 is 1.61 bits per heavy atom. The fraction of sp³-hybridized carbons (Fsp3) is 0.571. The van der Waals surface area contributed by atoms with Gasteiger partial charge in [-0.3, -0.25) is 14.5 Å². The molecule has 1 aliphatic carbocycles. The number of nitrogens with zero attached hydrogens (tertiary/aromatic N) is 2. The number of benzene rings is 1. The summed E-state index contributed by atoms with van der Waals surface area (Å²) >= 11 is 0. The van der Waals surface area contributed by atoms with Gasteiger partial charge in [-0.25, -0.2) is 17.5 Å². The first kappa shape index (κ1) is 23.2. The van der Waals surface area contributed by atoms with Crippen LogP contribution in [0.3, 0.4) is 0 Å². The Labute approximate surface area is 182 Å². The topological polar surface area (TPSA) is 110 Å². The number of likely N-dealkylation sites (tertiary alicyclic amines) is 1. The first-order chi connectivity index (χ1) is 14.6. The smallest absolute Gasteiger partial charge is 0.329 e. The molecule has 3 atom stereocenters.